The van der Waals surface area contributed by atoms with Crippen molar-refractivity contribution in [3.8, 4) is 0 Å². The van der Waals surface area contributed by atoms with E-state index in [1.165, 1.54) is 6.33 Å². The molecule has 3 rings (SSSR count). The van der Waals surface area contributed by atoms with Crippen molar-refractivity contribution in [1.29, 1.82) is 0 Å². The Hall–Kier alpha value is -1.69. The second kappa shape index (κ2) is 3.71. The lowest BCUT2D eigenvalue weighted by molar-refractivity contribution is 0.350. The van der Waals surface area contributed by atoms with E-state index in [4.69, 9.17) is 0 Å². The first-order valence-corrected chi connectivity index (χ1v) is 5.48. The number of aromatic amines is 1. The Morgan fingerprint density at radius 3 is 3.00 bits per heavy atom. The van der Waals surface area contributed by atoms with Crippen LogP contribution in [0.25, 0.3) is 11.0 Å². The minimum atomic E-state index is -0.110. The van der Waals surface area contributed by atoms with Crippen LogP contribution in [0, 0.1) is 0 Å². The Morgan fingerprint density at radius 1 is 1.38 bits per heavy atom. The van der Waals surface area contributed by atoms with Crippen LogP contribution in [0.2, 0.25) is 0 Å². The molecule has 0 aromatic carbocycles. The fraction of sp³-hybridized carbons (Fsp3) is 0.500. The third-order valence-corrected chi connectivity index (χ3v) is 3.05. The normalized spacial score (nSPS) is 18.0. The van der Waals surface area contributed by atoms with Gasteiger partial charge in [0.15, 0.2) is 5.52 Å². The summed E-state index contributed by atoms with van der Waals surface area (Å²) in [7, 11) is 0. The Morgan fingerprint density at radius 2 is 2.19 bits per heavy atom. The first-order chi connectivity index (χ1) is 7.86. The zero-order valence-corrected chi connectivity index (χ0v) is 8.81. The number of hydrogen-bond acceptors (Lipinski definition) is 4. The van der Waals surface area contributed by atoms with Gasteiger partial charge in [-0.3, -0.25) is 9.48 Å². The highest BCUT2D eigenvalue weighted by molar-refractivity contribution is 5.72. The molecule has 1 aliphatic rings. The second-order valence-corrected chi connectivity index (χ2v) is 4.04. The molecule has 6 heteroatoms. The predicted molar refractivity (Wildman–Crippen MR) is 59.3 cm³/mol. The maximum atomic E-state index is 11.7. The van der Waals surface area contributed by atoms with Crippen LogP contribution in [0.4, 0.5) is 0 Å². The van der Waals surface area contributed by atoms with Crippen molar-refractivity contribution < 1.29 is 0 Å². The molecule has 0 radical (unpaired) electrons. The maximum Gasteiger partial charge on any atom is 0.276 e. The number of nitrogens with zero attached hydrogens (tertiary/aromatic N) is 3. The SMILES string of the molecule is O=c1[nH]cnc2cnn(C3CCNCC3)c12. The summed E-state index contributed by atoms with van der Waals surface area (Å²) in [6.45, 7) is 1.95. The van der Waals surface area contributed by atoms with Gasteiger partial charge in [0.1, 0.15) is 5.52 Å². The number of H-pyrrole nitrogens is 1. The second-order valence-electron chi connectivity index (χ2n) is 4.04. The minimum absolute atomic E-state index is 0.110. The van der Waals surface area contributed by atoms with Crippen molar-refractivity contribution in [3.05, 3.63) is 22.9 Å². The molecule has 2 N–H and O–H groups in total. The van der Waals surface area contributed by atoms with E-state index >= 15 is 0 Å². The van der Waals surface area contributed by atoms with Crippen molar-refractivity contribution in [1.82, 2.24) is 25.1 Å². The van der Waals surface area contributed by atoms with E-state index in [1.54, 1.807) is 6.20 Å². The number of hydrogen-bond donors (Lipinski definition) is 2. The summed E-state index contributed by atoms with van der Waals surface area (Å²) in [5, 5.41) is 7.58. The fourth-order valence-corrected chi connectivity index (χ4v) is 2.22. The summed E-state index contributed by atoms with van der Waals surface area (Å²) >= 11 is 0. The van der Waals surface area contributed by atoms with Crippen LogP contribution in [0.1, 0.15) is 18.9 Å². The van der Waals surface area contributed by atoms with E-state index in [0.717, 1.165) is 25.9 Å². The van der Waals surface area contributed by atoms with E-state index in [9.17, 15) is 4.79 Å². The number of nitrogens with one attached hydrogen (secondary N) is 2. The molecule has 84 valence electrons. The Balaban J connectivity index is 2.12. The summed E-state index contributed by atoms with van der Waals surface area (Å²) < 4.78 is 1.82. The molecule has 1 saturated heterocycles. The molecule has 0 spiro atoms. The zero-order chi connectivity index (χ0) is 11.0. The topological polar surface area (TPSA) is 75.6 Å². The van der Waals surface area contributed by atoms with E-state index in [2.05, 4.69) is 20.4 Å². The average molecular weight is 219 g/mol. The Labute approximate surface area is 91.7 Å². The standard InChI is InChI=1S/C10H13N5O/c16-10-9-8(12-6-13-10)5-14-15(9)7-1-3-11-4-2-7/h5-7,11H,1-4H2,(H,12,13,16). The van der Waals surface area contributed by atoms with Gasteiger partial charge in [0.2, 0.25) is 0 Å². The summed E-state index contributed by atoms with van der Waals surface area (Å²) in [5.41, 5.74) is 1.15. The van der Waals surface area contributed by atoms with E-state index in [-0.39, 0.29) is 5.56 Å². The first kappa shape index (κ1) is 9.53. The van der Waals surface area contributed by atoms with Gasteiger partial charge in [0.25, 0.3) is 5.56 Å². The smallest absolute Gasteiger partial charge is 0.276 e. The van der Waals surface area contributed by atoms with Gasteiger partial charge >= 0.3 is 0 Å². The molecule has 2 aromatic rings. The summed E-state index contributed by atoms with van der Waals surface area (Å²) in [6, 6.07) is 0.309. The number of piperidine rings is 1. The molecule has 1 fully saturated rings. The molecule has 3 heterocycles. The molecule has 6 nitrogen and oxygen atoms in total. The lowest BCUT2D eigenvalue weighted by atomic mass is 10.1. The van der Waals surface area contributed by atoms with Crippen LogP contribution < -0.4 is 10.9 Å². The monoisotopic (exact) mass is 219 g/mol. The molecule has 0 aliphatic carbocycles. The summed E-state index contributed by atoms with van der Waals surface area (Å²) in [5.74, 6) is 0. The molecular formula is C10H13N5O. The Bertz CT molecular complexity index is 552. The van der Waals surface area contributed by atoms with Gasteiger partial charge in [-0.1, -0.05) is 0 Å². The number of rotatable bonds is 1. The van der Waals surface area contributed by atoms with Gasteiger partial charge in [-0.2, -0.15) is 5.10 Å². The van der Waals surface area contributed by atoms with E-state index in [0.29, 0.717) is 17.1 Å². The van der Waals surface area contributed by atoms with Gasteiger partial charge in [-0.15, -0.1) is 0 Å². The largest absolute Gasteiger partial charge is 0.317 e. The molecule has 0 amide bonds. The lowest BCUT2D eigenvalue weighted by Gasteiger charge is -2.23. The van der Waals surface area contributed by atoms with Crippen LogP contribution in [-0.2, 0) is 0 Å². The van der Waals surface area contributed by atoms with Gasteiger partial charge in [-0.05, 0) is 25.9 Å². The predicted octanol–water partition coefficient (Wildman–Crippen LogP) is 0.0441. The quantitative estimate of drug-likeness (QED) is 0.710. The molecule has 0 saturated carbocycles. The third kappa shape index (κ3) is 1.42. The highest BCUT2D eigenvalue weighted by Gasteiger charge is 2.19. The van der Waals surface area contributed by atoms with Crippen LogP contribution in [0.15, 0.2) is 17.3 Å². The zero-order valence-electron chi connectivity index (χ0n) is 8.81. The highest BCUT2D eigenvalue weighted by atomic mass is 16.1. The molecule has 16 heavy (non-hydrogen) atoms. The third-order valence-electron chi connectivity index (χ3n) is 3.05. The fourth-order valence-electron chi connectivity index (χ4n) is 2.22. The minimum Gasteiger partial charge on any atom is -0.317 e. The number of fused-ring (bicyclic) bond motifs is 1. The van der Waals surface area contributed by atoms with Crippen LogP contribution >= 0.6 is 0 Å². The van der Waals surface area contributed by atoms with Crippen LogP contribution in [0.3, 0.4) is 0 Å². The maximum absolute atomic E-state index is 11.7. The number of aromatic nitrogens is 4. The Kier molecular flexibility index (Phi) is 2.21. The van der Waals surface area contributed by atoms with Crippen molar-refractivity contribution in [2.24, 2.45) is 0 Å². The van der Waals surface area contributed by atoms with Gasteiger partial charge < -0.3 is 10.3 Å². The van der Waals surface area contributed by atoms with Gasteiger partial charge in [0, 0.05) is 0 Å². The van der Waals surface area contributed by atoms with Crippen molar-refractivity contribution in [2.75, 3.05) is 13.1 Å². The molecule has 0 bridgehead atoms. The van der Waals surface area contributed by atoms with E-state index in [1.807, 2.05) is 4.68 Å². The summed E-state index contributed by atoms with van der Waals surface area (Å²) in [6.07, 6.45) is 5.09. The van der Waals surface area contributed by atoms with Crippen molar-refractivity contribution >= 4 is 11.0 Å². The lowest BCUT2D eigenvalue weighted by Crippen LogP contribution is -2.30. The van der Waals surface area contributed by atoms with Crippen molar-refractivity contribution in [3.63, 3.8) is 0 Å². The molecule has 0 unspecified atom stereocenters. The highest BCUT2D eigenvalue weighted by Crippen LogP contribution is 2.20. The van der Waals surface area contributed by atoms with Crippen molar-refractivity contribution in [2.45, 2.75) is 18.9 Å². The van der Waals surface area contributed by atoms with Gasteiger partial charge in [-0.25, -0.2) is 4.98 Å². The van der Waals surface area contributed by atoms with E-state index < -0.39 is 0 Å². The molecule has 2 aromatic heterocycles. The average Bonchev–Trinajstić information content (AvgIpc) is 2.75. The molecular weight excluding hydrogens is 206 g/mol. The first-order valence-electron chi connectivity index (χ1n) is 5.48. The van der Waals surface area contributed by atoms with Crippen LogP contribution in [-0.4, -0.2) is 32.8 Å². The molecule has 1 aliphatic heterocycles. The molecule has 0 atom stereocenters. The van der Waals surface area contributed by atoms with Crippen LogP contribution in [0.5, 0.6) is 0 Å². The summed E-state index contributed by atoms with van der Waals surface area (Å²) in [4.78, 5) is 18.4. The van der Waals surface area contributed by atoms with Gasteiger partial charge in [0.05, 0.1) is 18.6 Å².